The number of benzene rings is 1. The largest absolute Gasteiger partial charge is 0.490 e. The number of hydrogen-bond donors (Lipinski definition) is 8. The lowest BCUT2D eigenvalue weighted by molar-refractivity contribution is -0.192. The molecule has 0 saturated carbocycles. The molecule has 0 fully saturated rings. The quantitative estimate of drug-likeness (QED) is 0.124. The standard InChI is InChI=1S/C20H27N5O7.C2HF3O2/c1-10(2)16(20(31)32)25-19(30)13(9-15(27)28)24-14(26)7-8-23-18(29)12-5-3-11(4-6-12)17(21)22;3-2(4,5)1(6)7/h3-6,10,13,16H,7-9H2,1-2H3,(H3,21,22)(H,23,29)(H,24,26)(H,25,30)(H,27,28)(H,31,32);(H,6,7)/t13-,16-;/m0./s1. The van der Waals surface area contributed by atoms with Crippen LogP contribution in [0.25, 0.3) is 0 Å². The number of nitrogens with one attached hydrogen (secondary N) is 4. The van der Waals surface area contributed by atoms with Gasteiger partial charge < -0.3 is 37.0 Å². The summed E-state index contributed by atoms with van der Waals surface area (Å²) in [5.74, 6) is -8.11. The van der Waals surface area contributed by atoms with Crippen LogP contribution in [0.3, 0.4) is 0 Å². The molecule has 0 aliphatic rings. The molecule has 0 heterocycles. The summed E-state index contributed by atoms with van der Waals surface area (Å²) in [6, 6.07) is 3.21. The fourth-order valence-electron chi connectivity index (χ4n) is 2.61. The highest BCUT2D eigenvalue weighted by atomic mass is 19.4. The van der Waals surface area contributed by atoms with Crippen molar-refractivity contribution in [3.63, 3.8) is 0 Å². The van der Waals surface area contributed by atoms with Gasteiger partial charge in [0.15, 0.2) is 0 Å². The molecule has 216 valence electrons. The minimum atomic E-state index is -5.08. The molecule has 0 radical (unpaired) electrons. The highest BCUT2D eigenvalue weighted by Gasteiger charge is 2.38. The van der Waals surface area contributed by atoms with Gasteiger partial charge in [-0.2, -0.15) is 13.2 Å². The molecule has 0 aromatic heterocycles. The summed E-state index contributed by atoms with van der Waals surface area (Å²) in [7, 11) is 0. The van der Waals surface area contributed by atoms with Crippen molar-refractivity contribution in [2.75, 3.05) is 6.54 Å². The van der Waals surface area contributed by atoms with E-state index in [0.29, 0.717) is 5.56 Å². The van der Waals surface area contributed by atoms with E-state index in [1.807, 2.05) is 0 Å². The van der Waals surface area contributed by atoms with Crippen LogP contribution in [-0.2, 0) is 24.0 Å². The van der Waals surface area contributed by atoms with Gasteiger partial charge in [-0.05, 0) is 18.1 Å². The smallest absolute Gasteiger partial charge is 0.481 e. The fraction of sp³-hybridized carbons (Fsp3) is 0.409. The maximum atomic E-state index is 12.3. The molecule has 0 aliphatic heterocycles. The van der Waals surface area contributed by atoms with Crippen molar-refractivity contribution >= 4 is 41.5 Å². The van der Waals surface area contributed by atoms with Crippen molar-refractivity contribution in [1.82, 2.24) is 16.0 Å². The normalized spacial score (nSPS) is 12.2. The lowest BCUT2D eigenvalue weighted by Crippen LogP contribution is -2.53. The molecule has 2 atom stereocenters. The number of rotatable bonds is 12. The average Bonchev–Trinajstić information content (AvgIpc) is 2.80. The van der Waals surface area contributed by atoms with Gasteiger partial charge in [0.1, 0.15) is 17.9 Å². The van der Waals surface area contributed by atoms with Gasteiger partial charge in [-0.3, -0.25) is 24.6 Å². The second kappa shape index (κ2) is 15.5. The molecule has 0 saturated heterocycles. The van der Waals surface area contributed by atoms with Gasteiger partial charge in [0.05, 0.1) is 6.42 Å². The second-order valence-corrected chi connectivity index (χ2v) is 8.09. The number of carboxylic acids is 3. The molecule has 1 aromatic carbocycles. The van der Waals surface area contributed by atoms with Gasteiger partial charge in [-0.1, -0.05) is 26.0 Å². The number of hydrogen-bond acceptors (Lipinski definition) is 7. The van der Waals surface area contributed by atoms with Crippen LogP contribution in [0.5, 0.6) is 0 Å². The Kier molecular flexibility index (Phi) is 13.7. The zero-order chi connectivity index (χ0) is 30.5. The third kappa shape index (κ3) is 13.4. The number of halogens is 3. The molecule has 0 bridgehead atoms. The fourth-order valence-corrected chi connectivity index (χ4v) is 2.61. The first kappa shape index (κ1) is 34.3. The van der Waals surface area contributed by atoms with E-state index >= 15 is 0 Å². The minimum Gasteiger partial charge on any atom is -0.481 e. The summed E-state index contributed by atoms with van der Waals surface area (Å²) >= 11 is 0. The highest BCUT2D eigenvalue weighted by molar-refractivity contribution is 5.98. The van der Waals surface area contributed by atoms with E-state index in [0.717, 1.165) is 0 Å². The molecule has 0 aliphatic carbocycles. The van der Waals surface area contributed by atoms with Gasteiger partial charge in [-0.15, -0.1) is 0 Å². The monoisotopic (exact) mass is 563 g/mol. The van der Waals surface area contributed by atoms with Gasteiger partial charge in [-0.25, -0.2) is 9.59 Å². The van der Waals surface area contributed by atoms with Gasteiger partial charge in [0, 0.05) is 24.1 Å². The molecule has 39 heavy (non-hydrogen) atoms. The zero-order valence-corrected chi connectivity index (χ0v) is 20.7. The summed E-state index contributed by atoms with van der Waals surface area (Å²) in [6.45, 7) is 3.05. The van der Waals surface area contributed by atoms with E-state index in [1.54, 1.807) is 13.8 Å². The molecular weight excluding hydrogens is 535 g/mol. The number of carbonyl (C=O) groups excluding carboxylic acids is 3. The Hall–Kier alpha value is -4.70. The van der Waals surface area contributed by atoms with Gasteiger partial charge in [0.2, 0.25) is 11.8 Å². The Bertz CT molecular complexity index is 1080. The second-order valence-electron chi connectivity index (χ2n) is 8.09. The lowest BCUT2D eigenvalue weighted by Gasteiger charge is -2.22. The van der Waals surface area contributed by atoms with Crippen molar-refractivity contribution in [3.05, 3.63) is 35.4 Å². The van der Waals surface area contributed by atoms with Gasteiger partial charge >= 0.3 is 24.1 Å². The van der Waals surface area contributed by atoms with Crippen molar-refractivity contribution in [1.29, 1.82) is 5.41 Å². The van der Waals surface area contributed by atoms with Crippen LogP contribution < -0.4 is 21.7 Å². The van der Waals surface area contributed by atoms with Crippen LogP contribution in [0.4, 0.5) is 13.2 Å². The molecule has 17 heteroatoms. The highest BCUT2D eigenvalue weighted by Crippen LogP contribution is 2.13. The topological polar surface area (TPSA) is 249 Å². The summed E-state index contributed by atoms with van der Waals surface area (Å²) in [5, 5.41) is 39.6. The van der Waals surface area contributed by atoms with E-state index in [1.165, 1.54) is 24.3 Å². The third-order valence-electron chi connectivity index (χ3n) is 4.60. The minimum absolute atomic E-state index is 0.0930. The van der Waals surface area contributed by atoms with Crippen LogP contribution in [0.15, 0.2) is 24.3 Å². The maximum Gasteiger partial charge on any atom is 0.490 e. The predicted molar refractivity (Wildman–Crippen MR) is 127 cm³/mol. The van der Waals surface area contributed by atoms with E-state index in [9.17, 15) is 37.1 Å². The Morgan fingerprint density at radius 2 is 1.44 bits per heavy atom. The van der Waals surface area contributed by atoms with E-state index < -0.39 is 66.2 Å². The summed E-state index contributed by atoms with van der Waals surface area (Å²) in [5.41, 5.74) is 6.08. The Morgan fingerprint density at radius 1 is 0.949 bits per heavy atom. The molecule has 9 N–H and O–H groups in total. The van der Waals surface area contributed by atoms with Gasteiger partial charge in [0.25, 0.3) is 5.91 Å². The molecule has 1 aromatic rings. The number of amides is 3. The number of nitrogen functional groups attached to an aromatic ring is 1. The first-order chi connectivity index (χ1) is 17.9. The summed E-state index contributed by atoms with van der Waals surface area (Å²) in [6.07, 6.45) is -6.07. The Morgan fingerprint density at radius 3 is 1.82 bits per heavy atom. The maximum absolute atomic E-state index is 12.3. The van der Waals surface area contributed by atoms with Crippen molar-refractivity contribution in [2.24, 2.45) is 11.7 Å². The Labute approximate surface area is 219 Å². The van der Waals surface area contributed by atoms with Crippen molar-refractivity contribution in [3.8, 4) is 0 Å². The molecular formula is C22H28F3N5O9. The van der Waals surface area contributed by atoms with E-state index in [-0.39, 0.29) is 24.4 Å². The lowest BCUT2D eigenvalue weighted by atomic mass is 10.0. The van der Waals surface area contributed by atoms with Crippen LogP contribution >= 0.6 is 0 Å². The number of carboxylic acid groups (broad SMARTS) is 3. The molecule has 3 amide bonds. The summed E-state index contributed by atoms with van der Waals surface area (Å²) < 4.78 is 31.7. The molecule has 1 rings (SSSR count). The molecule has 0 unspecified atom stereocenters. The molecule has 14 nitrogen and oxygen atoms in total. The van der Waals surface area contributed by atoms with Crippen LogP contribution in [0.2, 0.25) is 0 Å². The number of amidine groups is 1. The van der Waals surface area contributed by atoms with Crippen LogP contribution in [0.1, 0.15) is 42.6 Å². The number of alkyl halides is 3. The number of carbonyl (C=O) groups is 6. The summed E-state index contributed by atoms with van der Waals surface area (Å²) in [4.78, 5) is 67.8. The van der Waals surface area contributed by atoms with E-state index in [2.05, 4.69) is 16.0 Å². The number of nitrogens with two attached hydrogens (primary N) is 1. The van der Waals surface area contributed by atoms with Crippen molar-refractivity contribution in [2.45, 2.75) is 44.9 Å². The van der Waals surface area contributed by atoms with Crippen LogP contribution in [0, 0.1) is 11.3 Å². The van der Waals surface area contributed by atoms with Crippen molar-refractivity contribution < 1.29 is 57.3 Å². The zero-order valence-electron chi connectivity index (χ0n) is 20.7. The first-order valence-electron chi connectivity index (χ1n) is 10.9. The Balaban J connectivity index is 0.00000181. The predicted octanol–water partition coefficient (Wildman–Crippen LogP) is -0.0912. The first-order valence-corrected chi connectivity index (χ1v) is 10.9. The molecule has 0 spiro atoms. The average molecular weight is 563 g/mol. The third-order valence-corrected chi connectivity index (χ3v) is 4.60. The number of aliphatic carboxylic acids is 3. The van der Waals surface area contributed by atoms with Crippen LogP contribution in [-0.4, -0.2) is 81.6 Å². The van der Waals surface area contributed by atoms with E-state index in [4.69, 9.17) is 31.3 Å². The SMILES string of the molecule is CC(C)[C@H](NC(=O)[C@H](CC(=O)O)NC(=O)CCNC(=O)c1ccc(C(=N)N)cc1)C(=O)O.O=C(O)C(F)(F)F.